The third kappa shape index (κ3) is 23.0. The number of unbranched alkanes of at least 4 members (excludes halogenated alkanes) is 20. The number of hydrogen-bond donors (Lipinski definition) is 9. The first-order valence-electron chi connectivity index (χ1n) is 20.7. The van der Waals surface area contributed by atoms with E-state index >= 15 is 0 Å². The molecular formula is C39H76NO12P. The molecule has 1 fully saturated rings. The SMILES string of the molecule is CCCCCCCCCCCCCC/C=C/C(O)C(COP(=O)(O)OC1C(O)C(O)C(O)C(O)C1O)NC(=O)CC(O)CCCCCCCCCCC. The van der Waals surface area contributed by atoms with Gasteiger partial charge in [-0.05, 0) is 19.3 Å². The summed E-state index contributed by atoms with van der Waals surface area (Å²) >= 11 is 0. The maximum absolute atomic E-state index is 12.9. The van der Waals surface area contributed by atoms with Crippen LogP contribution in [0.4, 0.5) is 0 Å². The highest BCUT2D eigenvalue weighted by atomic mass is 31.2. The van der Waals surface area contributed by atoms with Gasteiger partial charge in [0.2, 0.25) is 5.91 Å². The average molecular weight is 782 g/mol. The van der Waals surface area contributed by atoms with Crippen LogP contribution in [0.15, 0.2) is 12.2 Å². The summed E-state index contributed by atoms with van der Waals surface area (Å²) in [5.74, 6) is -0.595. The molecule has 14 heteroatoms. The minimum atomic E-state index is -5.13. The lowest BCUT2D eigenvalue weighted by Crippen LogP contribution is -2.64. The molecule has 1 saturated carbocycles. The van der Waals surface area contributed by atoms with E-state index in [-0.39, 0.29) is 6.42 Å². The Morgan fingerprint density at radius 3 is 1.55 bits per heavy atom. The van der Waals surface area contributed by atoms with Gasteiger partial charge in [-0.3, -0.25) is 13.8 Å². The minimum Gasteiger partial charge on any atom is -0.393 e. The molecule has 0 heterocycles. The van der Waals surface area contributed by atoms with Crippen LogP contribution in [-0.2, 0) is 18.4 Å². The van der Waals surface area contributed by atoms with Crippen LogP contribution >= 0.6 is 7.82 Å². The monoisotopic (exact) mass is 782 g/mol. The summed E-state index contributed by atoms with van der Waals surface area (Å²) in [4.78, 5) is 23.3. The number of phosphoric ester groups is 1. The Balaban J connectivity index is 2.64. The number of carbonyl (C=O) groups excluding carboxylic acids is 1. The van der Waals surface area contributed by atoms with Crippen molar-refractivity contribution in [3.8, 4) is 0 Å². The zero-order valence-corrected chi connectivity index (χ0v) is 33.6. The summed E-state index contributed by atoms with van der Waals surface area (Å²) in [5.41, 5.74) is 0. The number of allylic oxidation sites excluding steroid dienone is 1. The van der Waals surface area contributed by atoms with E-state index in [4.69, 9.17) is 9.05 Å². The smallest absolute Gasteiger partial charge is 0.393 e. The van der Waals surface area contributed by atoms with E-state index in [1.54, 1.807) is 6.08 Å². The predicted molar refractivity (Wildman–Crippen MR) is 206 cm³/mol. The second-order valence-electron chi connectivity index (χ2n) is 15.0. The molecule has 0 spiro atoms. The summed E-state index contributed by atoms with van der Waals surface area (Å²) in [6.07, 6.45) is 14.6. The van der Waals surface area contributed by atoms with Crippen molar-refractivity contribution in [2.45, 2.75) is 223 Å². The van der Waals surface area contributed by atoms with Crippen molar-refractivity contribution in [1.29, 1.82) is 0 Å². The van der Waals surface area contributed by atoms with E-state index in [1.165, 1.54) is 96.0 Å². The summed E-state index contributed by atoms with van der Waals surface area (Å²) in [7, 11) is -5.13. The highest BCUT2D eigenvalue weighted by molar-refractivity contribution is 7.47. The van der Waals surface area contributed by atoms with Crippen LogP contribution < -0.4 is 5.32 Å². The molecule has 314 valence electrons. The molecule has 0 aromatic rings. The Hall–Kier alpha value is -0.960. The van der Waals surface area contributed by atoms with Crippen LogP contribution in [0.3, 0.4) is 0 Å². The highest BCUT2D eigenvalue weighted by Crippen LogP contribution is 2.47. The molecule has 8 unspecified atom stereocenters. The number of aliphatic hydroxyl groups excluding tert-OH is 7. The number of nitrogens with one attached hydrogen (secondary N) is 1. The molecule has 0 aliphatic heterocycles. The summed E-state index contributed by atoms with van der Waals surface area (Å²) in [6, 6.07) is -1.23. The number of carbonyl (C=O) groups is 1. The maximum Gasteiger partial charge on any atom is 0.472 e. The Morgan fingerprint density at radius 2 is 1.08 bits per heavy atom. The van der Waals surface area contributed by atoms with Crippen molar-refractivity contribution < 1.29 is 59.0 Å². The molecule has 0 radical (unpaired) electrons. The van der Waals surface area contributed by atoms with Gasteiger partial charge in [-0.25, -0.2) is 4.57 Å². The van der Waals surface area contributed by atoms with Gasteiger partial charge in [0, 0.05) is 0 Å². The van der Waals surface area contributed by atoms with Crippen LogP contribution in [0.5, 0.6) is 0 Å². The van der Waals surface area contributed by atoms with E-state index in [9.17, 15) is 50.0 Å². The molecular weight excluding hydrogens is 705 g/mol. The van der Waals surface area contributed by atoms with Crippen molar-refractivity contribution in [1.82, 2.24) is 5.32 Å². The van der Waals surface area contributed by atoms with Gasteiger partial charge in [-0.2, -0.15) is 0 Å². The van der Waals surface area contributed by atoms with Gasteiger partial charge in [-0.15, -0.1) is 0 Å². The number of phosphoric acid groups is 1. The van der Waals surface area contributed by atoms with Crippen LogP contribution in [-0.4, -0.2) is 108 Å². The summed E-state index contributed by atoms with van der Waals surface area (Å²) in [6.45, 7) is 3.68. The van der Waals surface area contributed by atoms with E-state index in [0.717, 1.165) is 44.9 Å². The Morgan fingerprint density at radius 1 is 0.660 bits per heavy atom. The lowest BCUT2D eigenvalue weighted by molar-refractivity contribution is -0.220. The third-order valence-electron chi connectivity index (χ3n) is 10.1. The second-order valence-corrected chi connectivity index (χ2v) is 16.4. The molecule has 1 amide bonds. The van der Waals surface area contributed by atoms with Crippen molar-refractivity contribution >= 4 is 13.7 Å². The lowest BCUT2D eigenvalue weighted by Gasteiger charge is -2.41. The molecule has 1 aliphatic rings. The number of aliphatic hydroxyl groups is 7. The second kappa shape index (κ2) is 30.2. The zero-order chi connectivity index (χ0) is 39.5. The Kier molecular flexibility index (Phi) is 28.5. The first-order valence-corrected chi connectivity index (χ1v) is 22.2. The van der Waals surface area contributed by atoms with Gasteiger partial charge in [-0.1, -0.05) is 154 Å². The molecule has 1 aliphatic carbocycles. The van der Waals surface area contributed by atoms with Crippen LogP contribution in [0.25, 0.3) is 0 Å². The average Bonchev–Trinajstić information content (AvgIpc) is 3.12. The minimum absolute atomic E-state index is 0.241. The molecule has 1 rings (SSSR count). The van der Waals surface area contributed by atoms with Crippen molar-refractivity contribution in [2.24, 2.45) is 0 Å². The van der Waals surface area contributed by atoms with Gasteiger partial charge >= 0.3 is 7.82 Å². The van der Waals surface area contributed by atoms with Crippen molar-refractivity contribution in [3.05, 3.63) is 12.2 Å². The molecule has 0 aromatic carbocycles. The third-order valence-corrected chi connectivity index (χ3v) is 11.1. The quantitative estimate of drug-likeness (QED) is 0.0230. The Labute approximate surface area is 319 Å². The van der Waals surface area contributed by atoms with Crippen LogP contribution in [0.1, 0.15) is 168 Å². The van der Waals surface area contributed by atoms with Gasteiger partial charge < -0.3 is 46.0 Å². The first kappa shape index (κ1) is 50.1. The molecule has 53 heavy (non-hydrogen) atoms. The number of hydrogen-bond acceptors (Lipinski definition) is 11. The molecule has 8 atom stereocenters. The highest BCUT2D eigenvalue weighted by Gasteiger charge is 2.51. The Bertz CT molecular complexity index is 974. The normalized spacial score (nSPS) is 24.9. The molecule has 13 nitrogen and oxygen atoms in total. The lowest BCUT2D eigenvalue weighted by atomic mass is 9.85. The molecule has 9 N–H and O–H groups in total. The van der Waals surface area contributed by atoms with Gasteiger partial charge in [0.05, 0.1) is 31.3 Å². The molecule has 0 aromatic heterocycles. The van der Waals surface area contributed by atoms with E-state index in [2.05, 4.69) is 19.2 Å². The summed E-state index contributed by atoms with van der Waals surface area (Å²) < 4.78 is 22.7. The number of amides is 1. The topological polar surface area (TPSA) is 226 Å². The predicted octanol–water partition coefficient (Wildman–Crippen LogP) is 5.47. The molecule has 0 bridgehead atoms. The van der Waals surface area contributed by atoms with Crippen LogP contribution in [0.2, 0.25) is 0 Å². The molecule has 0 saturated heterocycles. The fourth-order valence-electron chi connectivity index (χ4n) is 6.65. The van der Waals surface area contributed by atoms with Crippen LogP contribution in [0, 0.1) is 0 Å². The van der Waals surface area contributed by atoms with E-state index in [0.29, 0.717) is 12.8 Å². The fourth-order valence-corrected chi connectivity index (χ4v) is 7.62. The first-order chi connectivity index (χ1) is 25.3. The standard InChI is InChI=1S/C39H76NO12P/c1-3-5-7-9-11-13-14-15-16-17-19-21-23-25-27-32(42)31(40-33(43)28-30(41)26-24-22-20-18-12-10-8-6-4-2)29-51-53(49,50)52-39-37(47)35(45)34(44)36(46)38(39)48/h25,27,30-32,34-39,41-42,44-48H,3-24,26,28-29H2,1-2H3,(H,40,43)(H,49,50)/b27-25+. The van der Waals surface area contributed by atoms with E-state index in [1.807, 2.05) is 0 Å². The van der Waals surface area contributed by atoms with Crippen molar-refractivity contribution in [3.63, 3.8) is 0 Å². The zero-order valence-electron chi connectivity index (χ0n) is 32.7. The maximum atomic E-state index is 12.9. The van der Waals surface area contributed by atoms with E-state index < -0.39 is 75.2 Å². The van der Waals surface area contributed by atoms with Gasteiger partial charge in [0.15, 0.2) is 0 Å². The largest absolute Gasteiger partial charge is 0.472 e. The number of rotatable bonds is 33. The fraction of sp³-hybridized carbons (Fsp3) is 0.923. The summed E-state index contributed by atoms with van der Waals surface area (Å²) in [5, 5.41) is 74.1. The van der Waals surface area contributed by atoms with Gasteiger partial charge in [0.1, 0.15) is 36.6 Å². The van der Waals surface area contributed by atoms with Crippen molar-refractivity contribution in [2.75, 3.05) is 6.61 Å². The van der Waals surface area contributed by atoms with Gasteiger partial charge in [0.25, 0.3) is 0 Å².